The summed E-state index contributed by atoms with van der Waals surface area (Å²) in [7, 11) is 0. The van der Waals surface area contributed by atoms with Crippen molar-refractivity contribution in [2.24, 2.45) is 5.92 Å². The van der Waals surface area contributed by atoms with E-state index in [1.165, 1.54) is 5.56 Å². The van der Waals surface area contributed by atoms with Crippen LogP contribution in [0.5, 0.6) is 0 Å². The van der Waals surface area contributed by atoms with E-state index in [0.717, 1.165) is 25.4 Å². The van der Waals surface area contributed by atoms with Crippen LogP contribution in [0.1, 0.15) is 39.3 Å². The zero-order valence-electron chi connectivity index (χ0n) is 10.3. The molecule has 3 heteroatoms. The Hall–Kier alpha value is -0.830. The Labute approximate surface area is 92.9 Å². The van der Waals surface area contributed by atoms with E-state index in [0.29, 0.717) is 6.04 Å². The van der Waals surface area contributed by atoms with E-state index in [2.05, 4.69) is 44.3 Å². The van der Waals surface area contributed by atoms with Crippen molar-refractivity contribution in [1.82, 2.24) is 15.1 Å². The molecule has 0 aromatic carbocycles. The first-order valence-electron chi connectivity index (χ1n) is 5.83. The highest BCUT2D eigenvalue weighted by Crippen LogP contribution is 2.05. The molecule has 0 fully saturated rings. The summed E-state index contributed by atoms with van der Waals surface area (Å²) in [4.78, 5) is 0. The van der Waals surface area contributed by atoms with Crippen molar-refractivity contribution in [1.29, 1.82) is 0 Å². The molecule has 0 aliphatic rings. The van der Waals surface area contributed by atoms with Crippen molar-refractivity contribution in [3.8, 4) is 0 Å². The minimum atomic E-state index is 0.461. The summed E-state index contributed by atoms with van der Waals surface area (Å²) in [5, 5.41) is 7.75. The fraction of sp³-hybridized carbons (Fsp3) is 0.750. The first-order valence-corrected chi connectivity index (χ1v) is 5.83. The van der Waals surface area contributed by atoms with Crippen molar-refractivity contribution < 1.29 is 0 Å². The fourth-order valence-electron chi connectivity index (χ4n) is 1.41. The number of nitrogens with zero attached hydrogens (tertiary/aromatic N) is 2. The minimum absolute atomic E-state index is 0.461. The molecule has 1 aromatic heterocycles. The average Bonchev–Trinajstić information content (AvgIpc) is 2.60. The molecule has 0 atom stereocenters. The van der Waals surface area contributed by atoms with Gasteiger partial charge >= 0.3 is 0 Å². The van der Waals surface area contributed by atoms with E-state index >= 15 is 0 Å². The summed E-state index contributed by atoms with van der Waals surface area (Å²) in [6.45, 7) is 10.9. The van der Waals surface area contributed by atoms with Crippen LogP contribution < -0.4 is 5.32 Å². The van der Waals surface area contributed by atoms with Gasteiger partial charge in [0.15, 0.2) is 0 Å². The molecule has 0 saturated carbocycles. The third kappa shape index (κ3) is 4.47. The Morgan fingerprint density at radius 2 is 2.07 bits per heavy atom. The largest absolute Gasteiger partial charge is 0.316 e. The first kappa shape index (κ1) is 12.2. The zero-order valence-corrected chi connectivity index (χ0v) is 10.3. The molecule has 0 unspecified atom stereocenters. The Morgan fingerprint density at radius 3 is 2.60 bits per heavy atom. The van der Waals surface area contributed by atoms with Gasteiger partial charge in [-0.25, -0.2) is 0 Å². The smallest absolute Gasteiger partial charge is 0.0522 e. The molecule has 86 valence electrons. The predicted molar refractivity (Wildman–Crippen MR) is 64.0 cm³/mol. The van der Waals surface area contributed by atoms with E-state index < -0.39 is 0 Å². The normalized spacial score (nSPS) is 11.6. The molecule has 1 rings (SSSR count). The maximum absolute atomic E-state index is 4.32. The quantitative estimate of drug-likeness (QED) is 0.728. The van der Waals surface area contributed by atoms with Crippen LogP contribution in [0, 0.1) is 5.92 Å². The Balaban J connectivity index is 2.26. The van der Waals surface area contributed by atoms with Crippen LogP contribution in [0.25, 0.3) is 0 Å². The maximum atomic E-state index is 4.32. The summed E-state index contributed by atoms with van der Waals surface area (Å²) in [6.07, 6.45) is 5.18. The Morgan fingerprint density at radius 1 is 1.33 bits per heavy atom. The standard InChI is InChI=1S/C12H23N3/c1-10(2)7-13-6-5-12-8-14-15(9-12)11(3)4/h8-11,13H,5-7H2,1-4H3. The maximum Gasteiger partial charge on any atom is 0.0522 e. The van der Waals surface area contributed by atoms with Crippen molar-refractivity contribution in [2.75, 3.05) is 13.1 Å². The average molecular weight is 209 g/mol. The molecule has 3 nitrogen and oxygen atoms in total. The number of hydrogen-bond donors (Lipinski definition) is 1. The van der Waals surface area contributed by atoms with Gasteiger partial charge in [0, 0.05) is 12.2 Å². The van der Waals surface area contributed by atoms with Gasteiger partial charge in [-0.1, -0.05) is 13.8 Å². The molecule has 0 spiro atoms. The van der Waals surface area contributed by atoms with Gasteiger partial charge in [0.1, 0.15) is 0 Å². The third-order valence-corrected chi connectivity index (χ3v) is 2.33. The fourth-order valence-corrected chi connectivity index (χ4v) is 1.41. The number of aromatic nitrogens is 2. The van der Waals surface area contributed by atoms with Gasteiger partial charge < -0.3 is 5.32 Å². The lowest BCUT2D eigenvalue weighted by Crippen LogP contribution is -2.21. The molecular formula is C12H23N3. The van der Waals surface area contributed by atoms with Crippen molar-refractivity contribution in [2.45, 2.75) is 40.2 Å². The van der Waals surface area contributed by atoms with Gasteiger partial charge in [-0.2, -0.15) is 5.10 Å². The summed E-state index contributed by atoms with van der Waals surface area (Å²) < 4.78 is 2.01. The molecule has 1 heterocycles. The van der Waals surface area contributed by atoms with Gasteiger partial charge in [-0.15, -0.1) is 0 Å². The molecule has 0 aliphatic heterocycles. The topological polar surface area (TPSA) is 29.9 Å². The highest BCUT2D eigenvalue weighted by molar-refractivity contribution is 5.04. The van der Waals surface area contributed by atoms with E-state index in [9.17, 15) is 0 Å². The van der Waals surface area contributed by atoms with Gasteiger partial charge in [0.05, 0.1) is 6.20 Å². The zero-order chi connectivity index (χ0) is 11.3. The third-order valence-electron chi connectivity index (χ3n) is 2.33. The highest BCUT2D eigenvalue weighted by Gasteiger charge is 2.01. The molecule has 0 amide bonds. The van der Waals surface area contributed by atoms with Crippen molar-refractivity contribution >= 4 is 0 Å². The van der Waals surface area contributed by atoms with Crippen LogP contribution in [-0.4, -0.2) is 22.9 Å². The van der Waals surface area contributed by atoms with Gasteiger partial charge in [0.25, 0.3) is 0 Å². The lowest BCUT2D eigenvalue weighted by Gasteiger charge is -2.06. The van der Waals surface area contributed by atoms with Crippen LogP contribution in [-0.2, 0) is 6.42 Å². The van der Waals surface area contributed by atoms with E-state index in [4.69, 9.17) is 0 Å². The second-order valence-electron chi connectivity index (χ2n) is 4.77. The van der Waals surface area contributed by atoms with Gasteiger partial charge in [-0.05, 0) is 44.8 Å². The second kappa shape index (κ2) is 5.91. The SMILES string of the molecule is CC(C)CNCCc1cnn(C(C)C)c1. The lowest BCUT2D eigenvalue weighted by atomic mass is 10.2. The lowest BCUT2D eigenvalue weighted by molar-refractivity contribution is 0.531. The van der Waals surface area contributed by atoms with Crippen LogP contribution in [0.15, 0.2) is 12.4 Å². The Bertz CT molecular complexity index is 276. The van der Waals surface area contributed by atoms with E-state index in [1.54, 1.807) is 0 Å². The van der Waals surface area contributed by atoms with Crippen molar-refractivity contribution in [3.63, 3.8) is 0 Å². The highest BCUT2D eigenvalue weighted by atomic mass is 15.3. The van der Waals surface area contributed by atoms with E-state index in [-0.39, 0.29) is 0 Å². The first-order chi connectivity index (χ1) is 7.09. The summed E-state index contributed by atoms with van der Waals surface area (Å²) >= 11 is 0. The van der Waals surface area contributed by atoms with Crippen LogP contribution >= 0.6 is 0 Å². The molecule has 0 bridgehead atoms. The monoisotopic (exact) mass is 209 g/mol. The molecule has 0 radical (unpaired) electrons. The van der Waals surface area contributed by atoms with Gasteiger partial charge in [0.2, 0.25) is 0 Å². The minimum Gasteiger partial charge on any atom is -0.316 e. The van der Waals surface area contributed by atoms with Gasteiger partial charge in [-0.3, -0.25) is 4.68 Å². The number of hydrogen-bond acceptors (Lipinski definition) is 2. The predicted octanol–water partition coefficient (Wildman–Crippen LogP) is 2.25. The molecular weight excluding hydrogens is 186 g/mol. The molecule has 0 aliphatic carbocycles. The van der Waals surface area contributed by atoms with Crippen molar-refractivity contribution in [3.05, 3.63) is 18.0 Å². The van der Waals surface area contributed by atoms with Crippen LogP contribution in [0.3, 0.4) is 0 Å². The van der Waals surface area contributed by atoms with E-state index in [1.807, 2.05) is 10.9 Å². The summed E-state index contributed by atoms with van der Waals surface area (Å²) in [5.41, 5.74) is 1.32. The molecule has 0 saturated heterocycles. The molecule has 15 heavy (non-hydrogen) atoms. The van der Waals surface area contributed by atoms with Crippen LogP contribution in [0.2, 0.25) is 0 Å². The molecule has 1 N–H and O–H groups in total. The Kier molecular flexibility index (Phi) is 4.82. The molecule has 1 aromatic rings. The van der Waals surface area contributed by atoms with Crippen LogP contribution in [0.4, 0.5) is 0 Å². The number of nitrogens with one attached hydrogen (secondary N) is 1. The second-order valence-corrected chi connectivity index (χ2v) is 4.77. The summed E-state index contributed by atoms with van der Waals surface area (Å²) in [5.74, 6) is 0.725. The summed E-state index contributed by atoms with van der Waals surface area (Å²) in [6, 6.07) is 0.461. The number of rotatable bonds is 6.